The summed E-state index contributed by atoms with van der Waals surface area (Å²) < 4.78 is 4.86. The van der Waals surface area contributed by atoms with E-state index in [0.717, 1.165) is 13.0 Å². The number of carbonyl (C=O) groups excluding carboxylic acids is 2. The predicted molar refractivity (Wildman–Crippen MR) is 74.1 cm³/mol. The van der Waals surface area contributed by atoms with Gasteiger partial charge >= 0.3 is 5.97 Å². The van der Waals surface area contributed by atoms with Crippen molar-refractivity contribution in [3.05, 3.63) is 11.1 Å². The van der Waals surface area contributed by atoms with Crippen LogP contribution in [0.15, 0.2) is 5.38 Å². The van der Waals surface area contributed by atoms with Crippen LogP contribution in [-0.4, -0.2) is 29.5 Å². The minimum atomic E-state index is -0.952. The molecule has 0 radical (unpaired) electrons. The zero-order valence-electron chi connectivity index (χ0n) is 11.3. The predicted octanol–water partition coefficient (Wildman–Crippen LogP) is 1.63. The highest BCUT2D eigenvalue weighted by molar-refractivity contribution is 7.13. The van der Waals surface area contributed by atoms with Gasteiger partial charge < -0.3 is 15.8 Å². The summed E-state index contributed by atoms with van der Waals surface area (Å²) in [6.45, 7) is 6.50. The summed E-state index contributed by atoms with van der Waals surface area (Å²) in [5, 5.41) is 5.39. The van der Waals surface area contributed by atoms with E-state index >= 15 is 0 Å². The molecule has 1 atom stereocenters. The summed E-state index contributed by atoms with van der Waals surface area (Å²) in [7, 11) is 0. The van der Waals surface area contributed by atoms with Crippen LogP contribution in [0.3, 0.4) is 0 Å². The lowest BCUT2D eigenvalue weighted by molar-refractivity contribution is -0.125. The Hall–Kier alpha value is -1.63. The summed E-state index contributed by atoms with van der Waals surface area (Å²) in [4.78, 5) is 26.5. The summed E-state index contributed by atoms with van der Waals surface area (Å²) in [5.41, 5.74) is 5.20. The lowest BCUT2D eigenvalue weighted by Crippen LogP contribution is -2.30. The number of rotatable bonds is 7. The highest BCUT2D eigenvalue weighted by atomic mass is 32.1. The van der Waals surface area contributed by atoms with Crippen molar-refractivity contribution in [2.45, 2.75) is 33.3 Å². The molecule has 0 bridgehead atoms. The third kappa shape index (κ3) is 5.25. The van der Waals surface area contributed by atoms with Gasteiger partial charge in [0.05, 0.1) is 0 Å². The van der Waals surface area contributed by atoms with Crippen molar-refractivity contribution in [1.29, 1.82) is 0 Å². The highest BCUT2D eigenvalue weighted by Crippen LogP contribution is 2.17. The molecule has 1 heterocycles. The number of thiazole rings is 1. The largest absolute Gasteiger partial charge is 0.448 e. The van der Waals surface area contributed by atoms with Gasteiger partial charge in [-0.25, -0.2) is 9.78 Å². The zero-order valence-corrected chi connectivity index (χ0v) is 12.1. The number of amides is 1. The summed E-state index contributed by atoms with van der Waals surface area (Å²) in [6, 6.07) is 0. The molecular formula is C12H19N3O3S. The number of anilines is 1. The van der Waals surface area contributed by atoms with E-state index in [1.54, 1.807) is 5.38 Å². The molecule has 0 aromatic carbocycles. The van der Waals surface area contributed by atoms with Crippen molar-refractivity contribution in [2.24, 2.45) is 11.7 Å². The van der Waals surface area contributed by atoms with E-state index in [1.807, 2.05) is 0 Å². The second kappa shape index (κ2) is 7.08. The first kappa shape index (κ1) is 15.4. The van der Waals surface area contributed by atoms with Crippen LogP contribution in [0.1, 0.15) is 37.7 Å². The standard InChI is InChI=1S/C12H19N3O3S/c1-7(2)4-5-14-12-15-9(6-19-12)11(17)18-8(3)10(13)16/h6-8H,4-5H2,1-3H3,(H2,13,16)(H,14,15). The third-order valence-corrected chi connectivity index (χ3v) is 3.20. The SMILES string of the molecule is CC(C)CCNc1nc(C(=O)OC(C)C(N)=O)cs1. The van der Waals surface area contributed by atoms with Gasteiger partial charge in [0, 0.05) is 11.9 Å². The van der Waals surface area contributed by atoms with Crippen LogP contribution in [0.4, 0.5) is 5.13 Å². The van der Waals surface area contributed by atoms with Crippen LogP contribution in [0.25, 0.3) is 0 Å². The maximum absolute atomic E-state index is 11.6. The molecular weight excluding hydrogens is 266 g/mol. The maximum Gasteiger partial charge on any atom is 0.358 e. The monoisotopic (exact) mass is 285 g/mol. The molecule has 0 aliphatic heterocycles. The molecule has 7 heteroatoms. The van der Waals surface area contributed by atoms with Crippen molar-refractivity contribution >= 4 is 28.3 Å². The molecule has 0 spiro atoms. The number of primary amides is 1. The van der Waals surface area contributed by atoms with Crippen molar-refractivity contribution in [3.8, 4) is 0 Å². The van der Waals surface area contributed by atoms with E-state index in [4.69, 9.17) is 10.5 Å². The van der Waals surface area contributed by atoms with Gasteiger partial charge in [-0.2, -0.15) is 0 Å². The number of nitrogens with zero attached hydrogens (tertiary/aromatic N) is 1. The second-order valence-corrected chi connectivity index (χ2v) is 5.46. The minimum absolute atomic E-state index is 0.185. The number of esters is 1. The Morgan fingerprint density at radius 2 is 2.16 bits per heavy atom. The van der Waals surface area contributed by atoms with Crippen molar-refractivity contribution in [3.63, 3.8) is 0 Å². The Morgan fingerprint density at radius 3 is 2.74 bits per heavy atom. The first-order chi connectivity index (χ1) is 8.90. The van der Waals surface area contributed by atoms with Crippen LogP contribution >= 0.6 is 11.3 Å². The molecule has 0 fully saturated rings. The quantitative estimate of drug-likeness (QED) is 0.743. The Labute approximate surface area is 116 Å². The first-order valence-corrected chi connectivity index (χ1v) is 6.97. The van der Waals surface area contributed by atoms with Crippen molar-refractivity contribution in [1.82, 2.24) is 4.98 Å². The van der Waals surface area contributed by atoms with E-state index in [0.29, 0.717) is 11.0 Å². The van der Waals surface area contributed by atoms with Crippen molar-refractivity contribution < 1.29 is 14.3 Å². The van der Waals surface area contributed by atoms with Crippen LogP contribution in [-0.2, 0) is 9.53 Å². The lowest BCUT2D eigenvalue weighted by atomic mass is 10.1. The number of nitrogens with two attached hydrogens (primary N) is 1. The fourth-order valence-electron chi connectivity index (χ4n) is 1.20. The zero-order chi connectivity index (χ0) is 14.4. The molecule has 1 aromatic heterocycles. The van der Waals surface area contributed by atoms with E-state index in [9.17, 15) is 9.59 Å². The van der Waals surface area contributed by atoms with Gasteiger partial charge in [-0.15, -0.1) is 11.3 Å². The molecule has 1 aromatic rings. The van der Waals surface area contributed by atoms with Crippen LogP contribution in [0.2, 0.25) is 0 Å². The minimum Gasteiger partial charge on any atom is -0.448 e. The van der Waals surface area contributed by atoms with Crippen LogP contribution in [0, 0.1) is 5.92 Å². The van der Waals surface area contributed by atoms with Gasteiger partial charge in [0.25, 0.3) is 5.91 Å². The molecule has 1 rings (SSSR count). The maximum atomic E-state index is 11.6. The van der Waals surface area contributed by atoms with E-state index in [2.05, 4.69) is 24.1 Å². The van der Waals surface area contributed by atoms with E-state index in [1.165, 1.54) is 18.3 Å². The Bertz CT molecular complexity index is 445. The Balaban J connectivity index is 2.49. The second-order valence-electron chi connectivity index (χ2n) is 4.60. The number of hydrogen-bond donors (Lipinski definition) is 2. The van der Waals surface area contributed by atoms with Crippen LogP contribution in [0.5, 0.6) is 0 Å². The van der Waals surface area contributed by atoms with E-state index in [-0.39, 0.29) is 5.69 Å². The number of carbonyl (C=O) groups is 2. The van der Waals surface area contributed by atoms with Gasteiger partial charge in [-0.3, -0.25) is 4.79 Å². The van der Waals surface area contributed by atoms with Gasteiger partial charge in [-0.05, 0) is 19.3 Å². The lowest BCUT2D eigenvalue weighted by Gasteiger charge is -2.07. The molecule has 0 aliphatic carbocycles. The molecule has 3 N–H and O–H groups in total. The summed E-state index contributed by atoms with van der Waals surface area (Å²) >= 11 is 1.33. The average molecular weight is 285 g/mol. The average Bonchev–Trinajstić information content (AvgIpc) is 2.77. The van der Waals surface area contributed by atoms with Gasteiger partial charge in [0.15, 0.2) is 16.9 Å². The van der Waals surface area contributed by atoms with E-state index < -0.39 is 18.0 Å². The highest BCUT2D eigenvalue weighted by Gasteiger charge is 2.18. The Kier molecular flexibility index (Phi) is 5.75. The van der Waals surface area contributed by atoms with Crippen molar-refractivity contribution in [2.75, 3.05) is 11.9 Å². The van der Waals surface area contributed by atoms with Gasteiger partial charge in [-0.1, -0.05) is 13.8 Å². The molecule has 1 amide bonds. The molecule has 106 valence electrons. The smallest absolute Gasteiger partial charge is 0.358 e. The number of hydrogen-bond acceptors (Lipinski definition) is 6. The molecule has 0 aliphatic rings. The molecule has 6 nitrogen and oxygen atoms in total. The number of aromatic nitrogens is 1. The molecule has 1 unspecified atom stereocenters. The molecule has 19 heavy (non-hydrogen) atoms. The summed E-state index contributed by atoms with van der Waals surface area (Å²) in [5.74, 6) is -0.716. The summed E-state index contributed by atoms with van der Waals surface area (Å²) in [6.07, 6.45) is 0.0736. The van der Waals surface area contributed by atoms with Gasteiger partial charge in [0.1, 0.15) is 0 Å². The normalized spacial score (nSPS) is 12.2. The molecule has 0 saturated heterocycles. The topological polar surface area (TPSA) is 94.3 Å². The fourth-order valence-corrected chi connectivity index (χ4v) is 1.90. The number of ether oxygens (including phenoxy) is 1. The fraction of sp³-hybridized carbons (Fsp3) is 0.583. The van der Waals surface area contributed by atoms with Crippen LogP contribution < -0.4 is 11.1 Å². The Morgan fingerprint density at radius 1 is 1.47 bits per heavy atom. The third-order valence-electron chi connectivity index (χ3n) is 2.40. The molecule has 0 saturated carbocycles. The van der Waals surface area contributed by atoms with Gasteiger partial charge in [0.2, 0.25) is 0 Å². The first-order valence-electron chi connectivity index (χ1n) is 6.09. The number of nitrogens with one attached hydrogen (secondary N) is 1.